The number of aryl methyl sites for hydroxylation is 1. The number of para-hydroxylation sites is 1. The van der Waals surface area contributed by atoms with Gasteiger partial charge in [-0.3, -0.25) is 0 Å². The lowest BCUT2D eigenvalue weighted by Crippen LogP contribution is -2.50. The Hall–Kier alpha value is -2.69. The summed E-state index contributed by atoms with van der Waals surface area (Å²) in [5.74, 6) is 1.25. The van der Waals surface area contributed by atoms with Gasteiger partial charge < -0.3 is 19.9 Å². The number of piperazine rings is 1. The molecule has 1 fully saturated rings. The van der Waals surface area contributed by atoms with E-state index in [1.54, 1.807) is 7.11 Å². The fourth-order valence-electron chi connectivity index (χ4n) is 3.51. The third-order valence-electron chi connectivity index (χ3n) is 5.07. The molecule has 1 saturated heterocycles. The van der Waals surface area contributed by atoms with Crippen LogP contribution >= 0.6 is 0 Å². The van der Waals surface area contributed by atoms with Crippen molar-refractivity contribution >= 4 is 17.4 Å². The highest BCUT2D eigenvalue weighted by Gasteiger charge is 2.23. The van der Waals surface area contributed by atoms with Crippen molar-refractivity contribution in [3.8, 4) is 5.75 Å². The van der Waals surface area contributed by atoms with E-state index >= 15 is 0 Å². The monoisotopic (exact) mass is 367 g/mol. The smallest absolute Gasteiger partial charge is 0.321 e. The number of nitrogens with one attached hydrogen (secondary N) is 1. The molecule has 1 aliphatic rings. The number of hydrogen-bond acceptors (Lipinski definition) is 3. The maximum atomic E-state index is 12.7. The summed E-state index contributed by atoms with van der Waals surface area (Å²) in [4.78, 5) is 16.9. The standard InChI is InChI=1S/C22H29N3O2/c1-16(2)18-7-5-6-8-19(18)23-22(26)25-13-11-24(12-14-25)20-15-17(3)9-10-21(20)27-4/h5-10,15-16H,11-14H2,1-4H3,(H,23,26). The van der Waals surface area contributed by atoms with E-state index in [-0.39, 0.29) is 6.03 Å². The Bertz CT molecular complexity index is 796. The highest BCUT2D eigenvalue weighted by molar-refractivity contribution is 5.90. The quantitative estimate of drug-likeness (QED) is 0.866. The molecule has 0 unspecified atom stereocenters. The van der Waals surface area contributed by atoms with Crippen molar-refractivity contribution in [2.24, 2.45) is 0 Å². The van der Waals surface area contributed by atoms with Crippen LogP contribution in [0.15, 0.2) is 42.5 Å². The van der Waals surface area contributed by atoms with E-state index in [0.717, 1.165) is 35.8 Å². The third-order valence-corrected chi connectivity index (χ3v) is 5.07. The predicted molar refractivity (Wildman–Crippen MR) is 111 cm³/mol. The number of nitrogens with zero attached hydrogens (tertiary/aromatic N) is 2. The van der Waals surface area contributed by atoms with Crippen LogP contribution in [-0.2, 0) is 0 Å². The minimum absolute atomic E-state index is 0.0287. The Morgan fingerprint density at radius 1 is 1.07 bits per heavy atom. The van der Waals surface area contributed by atoms with E-state index in [2.05, 4.69) is 49.2 Å². The normalized spacial score (nSPS) is 14.4. The molecule has 0 atom stereocenters. The van der Waals surface area contributed by atoms with Crippen LogP contribution in [0.5, 0.6) is 5.75 Å². The summed E-state index contributed by atoms with van der Waals surface area (Å²) in [5, 5.41) is 3.09. The first kappa shape index (κ1) is 19.1. The first-order valence-electron chi connectivity index (χ1n) is 9.54. The molecule has 1 heterocycles. The number of urea groups is 1. The molecule has 0 radical (unpaired) electrons. The number of benzene rings is 2. The zero-order valence-corrected chi connectivity index (χ0v) is 16.7. The maximum Gasteiger partial charge on any atom is 0.321 e. The molecule has 27 heavy (non-hydrogen) atoms. The van der Waals surface area contributed by atoms with Crippen LogP contribution in [-0.4, -0.2) is 44.2 Å². The first-order chi connectivity index (χ1) is 13.0. The van der Waals surface area contributed by atoms with Gasteiger partial charge in [0.15, 0.2) is 0 Å². The lowest BCUT2D eigenvalue weighted by atomic mass is 10.0. The number of carbonyl (C=O) groups is 1. The average Bonchev–Trinajstić information content (AvgIpc) is 2.68. The van der Waals surface area contributed by atoms with Gasteiger partial charge in [0.05, 0.1) is 12.8 Å². The van der Waals surface area contributed by atoms with Crippen molar-refractivity contribution in [2.75, 3.05) is 43.5 Å². The minimum atomic E-state index is -0.0287. The van der Waals surface area contributed by atoms with Crippen molar-refractivity contribution in [1.29, 1.82) is 0 Å². The molecule has 0 aromatic heterocycles. The van der Waals surface area contributed by atoms with Crippen molar-refractivity contribution in [3.63, 3.8) is 0 Å². The van der Waals surface area contributed by atoms with Crippen LogP contribution in [0.1, 0.15) is 30.9 Å². The van der Waals surface area contributed by atoms with E-state index < -0.39 is 0 Å². The summed E-state index contributed by atoms with van der Waals surface area (Å²) in [7, 11) is 1.70. The number of methoxy groups -OCH3 is 1. The van der Waals surface area contributed by atoms with Gasteiger partial charge in [0.25, 0.3) is 0 Å². The minimum Gasteiger partial charge on any atom is -0.495 e. The molecular formula is C22H29N3O2. The molecule has 0 saturated carbocycles. The van der Waals surface area contributed by atoms with Crippen molar-refractivity contribution < 1.29 is 9.53 Å². The van der Waals surface area contributed by atoms with Gasteiger partial charge in [-0.25, -0.2) is 4.79 Å². The molecule has 2 amide bonds. The fraction of sp³-hybridized carbons (Fsp3) is 0.409. The first-order valence-corrected chi connectivity index (χ1v) is 9.54. The number of carbonyl (C=O) groups excluding carboxylic acids is 1. The Morgan fingerprint density at radius 2 is 1.78 bits per heavy atom. The average molecular weight is 367 g/mol. The van der Waals surface area contributed by atoms with Crippen LogP contribution < -0.4 is 15.0 Å². The molecule has 5 nitrogen and oxygen atoms in total. The van der Waals surface area contributed by atoms with E-state index in [1.807, 2.05) is 29.2 Å². The third kappa shape index (κ3) is 4.35. The predicted octanol–water partition coefficient (Wildman–Crippen LogP) is 4.48. The van der Waals surface area contributed by atoms with Gasteiger partial charge in [-0.05, 0) is 42.2 Å². The molecule has 2 aromatic rings. The van der Waals surface area contributed by atoms with Crippen LogP contribution in [0, 0.1) is 6.92 Å². The van der Waals surface area contributed by atoms with Gasteiger partial charge in [0, 0.05) is 31.9 Å². The van der Waals surface area contributed by atoms with Gasteiger partial charge in [0.2, 0.25) is 0 Å². The van der Waals surface area contributed by atoms with Crippen LogP contribution in [0.25, 0.3) is 0 Å². The Morgan fingerprint density at radius 3 is 2.44 bits per heavy atom. The van der Waals surface area contributed by atoms with E-state index in [0.29, 0.717) is 19.0 Å². The number of hydrogen-bond donors (Lipinski definition) is 1. The highest BCUT2D eigenvalue weighted by Crippen LogP contribution is 2.30. The topological polar surface area (TPSA) is 44.8 Å². The van der Waals surface area contributed by atoms with Crippen LogP contribution in [0.3, 0.4) is 0 Å². The molecular weight excluding hydrogens is 338 g/mol. The summed E-state index contributed by atoms with van der Waals surface area (Å²) in [6.45, 7) is 9.31. The summed E-state index contributed by atoms with van der Waals surface area (Å²) >= 11 is 0. The second kappa shape index (κ2) is 8.33. The van der Waals surface area contributed by atoms with E-state index in [9.17, 15) is 4.79 Å². The van der Waals surface area contributed by atoms with Crippen LogP contribution in [0.4, 0.5) is 16.2 Å². The zero-order valence-electron chi connectivity index (χ0n) is 16.7. The second-order valence-corrected chi connectivity index (χ2v) is 7.32. The molecule has 0 spiro atoms. The van der Waals surface area contributed by atoms with Gasteiger partial charge in [0.1, 0.15) is 5.75 Å². The lowest BCUT2D eigenvalue weighted by molar-refractivity contribution is 0.208. The summed E-state index contributed by atoms with van der Waals surface area (Å²) in [5.41, 5.74) is 4.37. The van der Waals surface area contributed by atoms with E-state index in [1.165, 1.54) is 5.56 Å². The number of rotatable bonds is 4. The Labute approximate surface area is 161 Å². The van der Waals surface area contributed by atoms with E-state index in [4.69, 9.17) is 4.74 Å². The fourth-order valence-corrected chi connectivity index (χ4v) is 3.51. The highest BCUT2D eigenvalue weighted by atomic mass is 16.5. The summed E-state index contributed by atoms with van der Waals surface area (Å²) < 4.78 is 5.51. The Balaban J connectivity index is 1.64. The van der Waals surface area contributed by atoms with Gasteiger partial charge in [-0.15, -0.1) is 0 Å². The maximum absolute atomic E-state index is 12.7. The van der Waals surface area contributed by atoms with Gasteiger partial charge in [-0.1, -0.05) is 38.1 Å². The van der Waals surface area contributed by atoms with Crippen molar-refractivity contribution in [3.05, 3.63) is 53.6 Å². The molecule has 2 aromatic carbocycles. The molecule has 0 bridgehead atoms. The molecule has 1 N–H and O–H groups in total. The zero-order chi connectivity index (χ0) is 19.4. The van der Waals surface area contributed by atoms with Crippen molar-refractivity contribution in [2.45, 2.75) is 26.7 Å². The summed E-state index contributed by atoms with van der Waals surface area (Å²) in [6, 6.07) is 14.2. The number of anilines is 2. The number of ether oxygens (including phenoxy) is 1. The van der Waals surface area contributed by atoms with Gasteiger partial charge in [-0.2, -0.15) is 0 Å². The molecule has 5 heteroatoms. The molecule has 1 aliphatic heterocycles. The lowest BCUT2D eigenvalue weighted by Gasteiger charge is -2.36. The second-order valence-electron chi connectivity index (χ2n) is 7.32. The SMILES string of the molecule is COc1ccc(C)cc1N1CCN(C(=O)Nc2ccccc2C(C)C)CC1. The molecule has 3 rings (SSSR count). The van der Waals surface area contributed by atoms with Crippen molar-refractivity contribution in [1.82, 2.24) is 4.90 Å². The molecule has 144 valence electrons. The van der Waals surface area contributed by atoms with Gasteiger partial charge >= 0.3 is 6.03 Å². The van der Waals surface area contributed by atoms with Crippen LogP contribution in [0.2, 0.25) is 0 Å². The summed E-state index contributed by atoms with van der Waals surface area (Å²) in [6.07, 6.45) is 0. The number of amides is 2. The Kier molecular flexibility index (Phi) is 5.89. The largest absolute Gasteiger partial charge is 0.495 e. The molecule has 0 aliphatic carbocycles.